The first kappa shape index (κ1) is 11.5. The minimum absolute atomic E-state index is 0.184. The fourth-order valence-corrected chi connectivity index (χ4v) is 2.03. The molecule has 4 heteroatoms. The summed E-state index contributed by atoms with van der Waals surface area (Å²) in [7, 11) is 0. The summed E-state index contributed by atoms with van der Waals surface area (Å²) in [5.74, 6) is 0.210. The normalized spacial score (nSPS) is 11.5. The second kappa shape index (κ2) is 4.93. The van der Waals surface area contributed by atoms with Gasteiger partial charge in [0.1, 0.15) is 4.88 Å². The Hall–Kier alpha value is -1.94. The highest BCUT2D eigenvalue weighted by atomic mass is 32.1. The molecule has 0 radical (unpaired) electrons. The van der Waals surface area contributed by atoms with Crippen molar-refractivity contribution < 1.29 is 9.79 Å². The van der Waals surface area contributed by atoms with Crippen molar-refractivity contribution in [2.45, 2.75) is 6.92 Å². The summed E-state index contributed by atoms with van der Waals surface area (Å²) >= 11 is 1.49. The van der Waals surface area contributed by atoms with Crippen LogP contribution in [0.4, 0.5) is 0 Å². The number of hydrogen-bond donors (Lipinski definition) is 2. The SMILES string of the molecule is Cc1ccc(C(=O)[NH+]=C(N)c2cccs2)cc1. The molecule has 3 N–H and O–H groups in total. The zero-order valence-electron chi connectivity index (χ0n) is 9.44. The fourth-order valence-electron chi connectivity index (χ4n) is 1.39. The molecular formula is C13H13N2OS+. The van der Waals surface area contributed by atoms with Crippen LogP contribution in [0.1, 0.15) is 20.8 Å². The Morgan fingerprint density at radius 2 is 1.94 bits per heavy atom. The molecule has 0 saturated carbocycles. The van der Waals surface area contributed by atoms with Crippen molar-refractivity contribution in [3.05, 3.63) is 57.8 Å². The number of carbonyl (C=O) groups is 1. The van der Waals surface area contributed by atoms with E-state index in [0.717, 1.165) is 10.4 Å². The van der Waals surface area contributed by atoms with Crippen LogP contribution < -0.4 is 10.7 Å². The molecule has 0 aliphatic carbocycles. The Morgan fingerprint density at radius 1 is 1.24 bits per heavy atom. The highest BCUT2D eigenvalue weighted by molar-refractivity contribution is 7.12. The smallest absolute Gasteiger partial charge is 0.286 e. The molecule has 0 fully saturated rings. The molecule has 17 heavy (non-hydrogen) atoms. The van der Waals surface area contributed by atoms with Gasteiger partial charge in [0.05, 0.1) is 5.56 Å². The lowest BCUT2D eigenvalue weighted by Crippen LogP contribution is -2.79. The predicted octanol–water partition coefficient (Wildman–Crippen LogP) is 0.683. The number of aryl methyl sites for hydroxylation is 1. The topological polar surface area (TPSA) is 57.1 Å². The van der Waals surface area contributed by atoms with E-state index in [0.29, 0.717) is 11.4 Å². The first-order valence-electron chi connectivity index (χ1n) is 5.21. The van der Waals surface area contributed by atoms with Crippen LogP contribution in [0.15, 0.2) is 41.8 Å². The maximum Gasteiger partial charge on any atom is 0.339 e. The van der Waals surface area contributed by atoms with Crippen molar-refractivity contribution in [1.82, 2.24) is 0 Å². The summed E-state index contributed by atoms with van der Waals surface area (Å²) in [6, 6.07) is 11.1. The van der Waals surface area contributed by atoms with Crippen molar-refractivity contribution in [3.63, 3.8) is 0 Å². The zero-order chi connectivity index (χ0) is 12.3. The second-order valence-corrected chi connectivity index (χ2v) is 4.66. The van der Waals surface area contributed by atoms with Gasteiger partial charge in [0.15, 0.2) is 0 Å². The summed E-state index contributed by atoms with van der Waals surface area (Å²) in [5, 5.41) is 1.92. The van der Waals surface area contributed by atoms with Gasteiger partial charge in [0.25, 0.3) is 5.84 Å². The molecule has 0 unspecified atom stereocenters. The summed E-state index contributed by atoms with van der Waals surface area (Å²) in [5.41, 5.74) is 7.53. The minimum atomic E-state index is -0.184. The molecule has 2 aromatic rings. The average Bonchev–Trinajstić information content (AvgIpc) is 2.83. The van der Waals surface area contributed by atoms with E-state index in [4.69, 9.17) is 5.73 Å². The van der Waals surface area contributed by atoms with E-state index < -0.39 is 0 Å². The van der Waals surface area contributed by atoms with Crippen LogP contribution in [0.3, 0.4) is 0 Å². The van der Waals surface area contributed by atoms with Gasteiger partial charge in [0, 0.05) is 0 Å². The van der Waals surface area contributed by atoms with Crippen molar-refractivity contribution in [2.24, 2.45) is 5.73 Å². The number of benzene rings is 1. The maximum atomic E-state index is 11.9. The lowest BCUT2D eigenvalue weighted by atomic mass is 10.1. The Labute approximate surface area is 104 Å². The number of amidine groups is 1. The summed E-state index contributed by atoms with van der Waals surface area (Å²) in [4.78, 5) is 15.4. The quantitative estimate of drug-likeness (QED) is 0.604. The van der Waals surface area contributed by atoms with Crippen LogP contribution in [-0.2, 0) is 0 Å². The van der Waals surface area contributed by atoms with Crippen LogP contribution in [0, 0.1) is 6.92 Å². The van der Waals surface area contributed by atoms with Crippen LogP contribution in [0.5, 0.6) is 0 Å². The van der Waals surface area contributed by atoms with E-state index in [-0.39, 0.29) is 5.91 Å². The average molecular weight is 245 g/mol. The number of rotatable bonds is 2. The molecule has 0 aliphatic rings. The Balaban J connectivity index is 2.22. The standard InChI is InChI=1S/C13H12N2OS/c1-9-4-6-10(7-5-9)13(16)15-12(14)11-3-2-8-17-11/h2-8H,1H3,(H2,14,15,16)/p+1. The van der Waals surface area contributed by atoms with Crippen LogP contribution in [-0.4, -0.2) is 11.7 Å². The van der Waals surface area contributed by atoms with E-state index in [1.54, 1.807) is 12.1 Å². The zero-order valence-corrected chi connectivity index (χ0v) is 10.3. The molecule has 0 spiro atoms. The molecular weight excluding hydrogens is 232 g/mol. The fraction of sp³-hybridized carbons (Fsp3) is 0.0769. The number of nitrogens with two attached hydrogens (primary N) is 1. The Kier molecular flexibility index (Phi) is 3.35. The van der Waals surface area contributed by atoms with E-state index in [9.17, 15) is 4.79 Å². The molecule has 0 bridgehead atoms. The van der Waals surface area contributed by atoms with Crippen molar-refractivity contribution in [1.29, 1.82) is 0 Å². The van der Waals surface area contributed by atoms with E-state index in [2.05, 4.69) is 4.99 Å². The molecule has 1 amide bonds. The summed E-state index contributed by atoms with van der Waals surface area (Å²) < 4.78 is 0. The number of hydrogen-bond acceptors (Lipinski definition) is 2. The van der Waals surface area contributed by atoms with Crippen molar-refractivity contribution in [3.8, 4) is 0 Å². The highest BCUT2D eigenvalue weighted by Crippen LogP contribution is 2.05. The van der Waals surface area contributed by atoms with Gasteiger partial charge in [-0.1, -0.05) is 23.8 Å². The second-order valence-electron chi connectivity index (χ2n) is 3.71. The summed E-state index contributed by atoms with van der Waals surface area (Å²) in [6.45, 7) is 1.98. The third kappa shape index (κ3) is 2.79. The monoisotopic (exact) mass is 245 g/mol. The van der Waals surface area contributed by atoms with Gasteiger partial charge in [0.2, 0.25) is 0 Å². The van der Waals surface area contributed by atoms with E-state index >= 15 is 0 Å². The maximum absolute atomic E-state index is 11.9. The minimum Gasteiger partial charge on any atom is -0.286 e. The summed E-state index contributed by atoms with van der Waals surface area (Å²) in [6.07, 6.45) is 0. The van der Waals surface area contributed by atoms with Gasteiger partial charge in [-0.2, -0.15) is 0 Å². The number of carbonyl (C=O) groups excluding carboxylic acids is 1. The number of nitrogen functional groups attached to an aromatic ring is 1. The third-order valence-corrected chi connectivity index (χ3v) is 3.25. The van der Waals surface area contributed by atoms with Gasteiger partial charge in [-0.05, 0) is 30.5 Å². The van der Waals surface area contributed by atoms with E-state index in [1.807, 2.05) is 36.6 Å². The van der Waals surface area contributed by atoms with Crippen LogP contribution >= 0.6 is 11.3 Å². The van der Waals surface area contributed by atoms with Crippen LogP contribution in [0.25, 0.3) is 0 Å². The molecule has 3 nitrogen and oxygen atoms in total. The molecule has 0 saturated heterocycles. The molecule has 1 aromatic heterocycles. The molecule has 86 valence electrons. The van der Waals surface area contributed by atoms with Gasteiger partial charge in [-0.3, -0.25) is 5.73 Å². The predicted molar refractivity (Wildman–Crippen MR) is 69.1 cm³/mol. The largest absolute Gasteiger partial charge is 0.339 e. The first-order valence-corrected chi connectivity index (χ1v) is 6.09. The van der Waals surface area contributed by atoms with Gasteiger partial charge in [-0.15, -0.1) is 11.3 Å². The molecule has 2 rings (SSSR count). The van der Waals surface area contributed by atoms with Crippen molar-refractivity contribution >= 4 is 23.1 Å². The third-order valence-electron chi connectivity index (χ3n) is 2.35. The number of thiophene rings is 1. The highest BCUT2D eigenvalue weighted by Gasteiger charge is 2.11. The lowest BCUT2D eigenvalue weighted by Gasteiger charge is -1.95. The first-order chi connectivity index (χ1) is 8.16. The van der Waals surface area contributed by atoms with Crippen molar-refractivity contribution in [2.75, 3.05) is 0 Å². The number of amides is 1. The molecule has 0 aliphatic heterocycles. The Morgan fingerprint density at radius 3 is 2.53 bits per heavy atom. The van der Waals surface area contributed by atoms with Gasteiger partial charge < -0.3 is 0 Å². The molecule has 1 heterocycles. The van der Waals surface area contributed by atoms with E-state index in [1.165, 1.54) is 11.3 Å². The molecule has 0 atom stereocenters. The number of nitrogens with one attached hydrogen (secondary N) is 1. The van der Waals surface area contributed by atoms with Gasteiger partial charge >= 0.3 is 5.91 Å². The molecule has 1 aromatic carbocycles. The lowest BCUT2D eigenvalue weighted by molar-refractivity contribution is -0.345. The van der Waals surface area contributed by atoms with Crippen LogP contribution in [0.2, 0.25) is 0 Å². The Bertz CT molecular complexity index is 541. The van der Waals surface area contributed by atoms with Gasteiger partial charge in [-0.25, -0.2) is 9.79 Å².